The summed E-state index contributed by atoms with van der Waals surface area (Å²) in [6.45, 7) is 3.73. The third-order valence-corrected chi connectivity index (χ3v) is 2.90. The SMILES string of the molecule is CC(Cl)c1ccc(OC2(C)CC2=O)cc1. The molecule has 3 heteroatoms. The van der Waals surface area contributed by atoms with Gasteiger partial charge < -0.3 is 4.74 Å². The van der Waals surface area contributed by atoms with Crippen molar-refractivity contribution in [3.63, 3.8) is 0 Å². The maximum atomic E-state index is 11.0. The van der Waals surface area contributed by atoms with E-state index >= 15 is 0 Å². The fraction of sp³-hybridized carbons (Fsp3) is 0.417. The Hall–Kier alpha value is -1.02. The summed E-state index contributed by atoms with van der Waals surface area (Å²) in [5.74, 6) is 0.890. The van der Waals surface area contributed by atoms with Crippen LogP contribution in [0.3, 0.4) is 0 Å². The lowest BCUT2D eigenvalue weighted by molar-refractivity contribution is -0.114. The molecular weight excluding hydrogens is 212 g/mol. The van der Waals surface area contributed by atoms with Crippen molar-refractivity contribution >= 4 is 17.4 Å². The van der Waals surface area contributed by atoms with Crippen molar-refractivity contribution in [2.75, 3.05) is 0 Å². The van der Waals surface area contributed by atoms with Crippen LogP contribution in [0.15, 0.2) is 24.3 Å². The fourth-order valence-electron chi connectivity index (χ4n) is 1.42. The first-order valence-electron chi connectivity index (χ1n) is 4.98. The zero-order valence-electron chi connectivity index (χ0n) is 8.79. The number of halogens is 1. The van der Waals surface area contributed by atoms with Crippen LogP contribution in [0.25, 0.3) is 0 Å². The van der Waals surface area contributed by atoms with Crippen molar-refractivity contribution in [3.8, 4) is 5.75 Å². The van der Waals surface area contributed by atoms with Crippen molar-refractivity contribution in [3.05, 3.63) is 29.8 Å². The van der Waals surface area contributed by atoms with E-state index in [2.05, 4.69) is 0 Å². The molecule has 15 heavy (non-hydrogen) atoms. The summed E-state index contributed by atoms with van der Waals surface area (Å²) in [6, 6.07) is 7.54. The number of ketones is 1. The number of hydrogen-bond donors (Lipinski definition) is 0. The van der Waals surface area contributed by atoms with Crippen LogP contribution in [0.5, 0.6) is 5.75 Å². The Morgan fingerprint density at radius 2 is 1.93 bits per heavy atom. The molecule has 2 nitrogen and oxygen atoms in total. The molecule has 1 aliphatic carbocycles. The molecule has 0 heterocycles. The second-order valence-electron chi connectivity index (χ2n) is 4.12. The van der Waals surface area contributed by atoms with Crippen molar-refractivity contribution in [2.45, 2.75) is 31.2 Å². The van der Waals surface area contributed by atoms with Gasteiger partial charge in [-0.25, -0.2) is 0 Å². The highest BCUT2D eigenvalue weighted by Crippen LogP contribution is 2.35. The van der Waals surface area contributed by atoms with Crippen molar-refractivity contribution in [1.29, 1.82) is 0 Å². The third-order valence-electron chi connectivity index (χ3n) is 2.65. The molecule has 0 bridgehead atoms. The first-order chi connectivity index (χ1) is 7.01. The zero-order chi connectivity index (χ0) is 11.1. The molecule has 2 atom stereocenters. The Balaban J connectivity index is 2.08. The first kappa shape index (κ1) is 10.5. The van der Waals surface area contributed by atoms with Gasteiger partial charge in [0.15, 0.2) is 11.4 Å². The van der Waals surface area contributed by atoms with Gasteiger partial charge in [-0.05, 0) is 31.5 Å². The van der Waals surface area contributed by atoms with Crippen LogP contribution in [0.1, 0.15) is 31.2 Å². The largest absolute Gasteiger partial charge is 0.479 e. The maximum absolute atomic E-state index is 11.0. The quantitative estimate of drug-likeness (QED) is 0.738. The first-order valence-corrected chi connectivity index (χ1v) is 5.41. The van der Waals surface area contributed by atoms with Crippen molar-refractivity contribution in [2.24, 2.45) is 0 Å². The van der Waals surface area contributed by atoms with Crippen molar-refractivity contribution in [1.82, 2.24) is 0 Å². The second kappa shape index (κ2) is 3.53. The van der Waals surface area contributed by atoms with Gasteiger partial charge in [-0.2, -0.15) is 0 Å². The molecule has 1 aliphatic rings. The van der Waals surface area contributed by atoms with Crippen LogP contribution in [0, 0.1) is 0 Å². The molecule has 80 valence electrons. The molecule has 0 radical (unpaired) electrons. The summed E-state index contributed by atoms with van der Waals surface area (Å²) in [4.78, 5) is 11.0. The Kier molecular flexibility index (Phi) is 2.47. The van der Waals surface area contributed by atoms with Gasteiger partial charge in [0.1, 0.15) is 5.75 Å². The van der Waals surface area contributed by atoms with Crippen LogP contribution in [0.4, 0.5) is 0 Å². The lowest BCUT2D eigenvalue weighted by Crippen LogP contribution is -2.15. The molecule has 0 aromatic heterocycles. The highest BCUT2D eigenvalue weighted by atomic mass is 35.5. The number of carbonyl (C=O) groups excluding carboxylic acids is 1. The molecule has 1 fully saturated rings. The molecule has 0 N–H and O–H groups in total. The Morgan fingerprint density at radius 3 is 2.33 bits per heavy atom. The van der Waals surface area contributed by atoms with Gasteiger partial charge in [0, 0.05) is 0 Å². The highest BCUT2D eigenvalue weighted by molar-refractivity contribution is 6.20. The lowest BCUT2D eigenvalue weighted by Gasteiger charge is -2.11. The van der Waals surface area contributed by atoms with E-state index in [1.165, 1.54) is 0 Å². The van der Waals surface area contributed by atoms with E-state index in [1.807, 2.05) is 38.1 Å². The second-order valence-corrected chi connectivity index (χ2v) is 4.77. The molecule has 0 aliphatic heterocycles. The van der Waals surface area contributed by atoms with Crippen LogP contribution < -0.4 is 4.74 Å². The summed E-state index contributed by atoms with van der Waals surface area (Å²) in [6.07, 6.45) is 0.515. The van der Waals surface area contributed by atoms with E-state index in [1.54, 1.807) is 0 Å². The van der Waals surface area contributed by atoms with E-state index in [0.29, 0.717) is 6.42 Å². The molecule has 2 rings (SSSR count). The molecule has 0 saturated heterocycles. The molecule has 1 saturated carbocycles. The Bertz CT molecular complexity index is 383. The zero-order valence-corrected chi connectivity index (χ0v) is 9.54. The monoisotopic (exact) mass is 224 g/mol. The van der Waals surface area contributed by atoms with Crippen LogP contribution in [0.2, 0.25) is 0 Å². The van der Waals surface area contributed by atoms with Crippen LogP contribution in [-0.4, -0.2) is 11.4 Å². The molecule has 0 amide bonds. The Labute approximate surface area is 94.2 Å². The van der Waals surface area contributed by atoms with Gasteiger partial charge in [-0.1, -0.05) is 12.1 Å². The summed E-state index contributed by atoms with van der Waals surface area (Å²) < 4.78 is 5.57. The molecule has 1 aromatic carbocycles. The van der Waals surface area contributed by atoms with Gasteiger partial charge in [0.25, 0.3) is 0 Å². The van der Waals surface area contributed by atoms with E-state index in [9.17, 15) is 4.79 Å². The van der Waals surface area contributed by atoms with Crippen LogP contribution >= 0.6 is 11.6 Å². The minimum absolute atomic E-state index is 0.00260. The summed E-state index contributed by atoms with van der Waals surface area (Å²) in [5, 5.41) is -0.00260. The topological polar surface area (TPSA) is 26.3 Å². The minimum Gasteiger partial charge on any atom is -0.479 e. The normalized spacial score (nSPS) is 26.2. The van der Waals surface area contributed by atoms with Crippen LogP contribution in [-0.2, 0) is 4.79 Å². The summed E-state index contributed by atoms with van der Waals surface area (Å²) in [5.41, 5.74) is 0.477. The number of benzene rings is 1. The summed E-state index contributed by atoms with van der Waals surface area (Å²) in [7, 11) is 0. The third kappa shape index (κ3) is 2.15. The van der Waals surface area contributed by atoms with Gasteiger partial charge in [-0.3, -0.25) is 4.79 Å². The average Bonchev–Trinajstić information content (AvgIpc) is 2.74. The number of rotatable bonds is 3. The molecule has 2 unspecified atom stereocenters. The highest BCUT2D eigenvalue weighted by Gasteiger charge is 2.52. The van der Waals surface area contributed by atoms with Gasteiger partial charge in [-0.15, -0.1) is 11.6 Å². The molecule has 0 spiro atoms. The average molecular weight is 225 g/mol. The number of carbonyl (C=O) groups is 1. The van der Waals surface area contributed by atoms with Crippen molar-refractivity contribution < 1.29 is 9.53 Å². The molecule has 1 aromatic rings. The smallest absolute Gasteiger partial charge is 0.180 e. The van der Waals surface area contributed by atoms with Gasteiger partial charge in [0.2, 0.25) is 0 Å². The predicted molar refractivity (Wildman–Crippen MR) is 59.4 cm³/mol. The number of hydrogen-bond acceptors (Lipinski definition) is 2. The lowest BCUT2D eigenvalue weighted by atomic mass is 10.1. The number of alkyl halides is 1. The van der Waals surface area contributed by atoms with E-state index < -0.39 is 5.60 Å². The minimum atomic E-state index is -0.575. The van der Waals surface area contributed by atoms with E-state index in [-0.39, 0.29) is 11.2 Å². The number of Topliss-reactive ketones (excluding diaryl/α,β-unsaturated/α-hetero) is 1. The predicted octanol–water partition coefficient (Wildman–Crippen LogP) is 3.10. The maximum Gasteiger partial charge on any atom is 0.180 e. The molecular formula is C12H13ClO2. The van der Waals surface area contributed by atoms with E-state index in [0.717, 1.165) is 11.3 Å². The fourth-order valence-corrected chi connectivity index (χ4v) is 1.56. The summed E-state index contributed by atoms with van der Waals surface area (Å²) >= 11 is 5.93. The Morgan fingerprint density at radius 1 is 1.40 bits per heavy atom. The standard InChI is InChI=1S/C12H13ClO2/c1-8(13)9-3-5-10(6-4-9)15-12(2)7-11(12)14/h3-6,8H,7H2,1-2H3. The number of ether oxygens (including phenoxy) is 1. The van der Waals surface area contributed by atoms with E-state index in [4.69, 9.17) is 16.3 Å². The van der Waals surface area contributed by atoms with Gasteiger partial charge >= 0.3 is 0 Å². The van der Waals surface area contributed by atoms with Gasteiger partial charge in [0.05, 0.1) is 11.8 Å².